The van der Waals surface area contributed by atoms with Gasteiger partial charge in [-0.25, -0.2) is 8.78 Å². The second kappa shape index (κ2) is 9.93. The number of aromatic nitrogens is 3. The van der Waals surface area contributed by atoms with Crippen LogP contribution in [0.3, 0.4) is 0 Å². The van der Waals surface area contributed by atoms with Crippen LogP contribution in [-0.4, -0.2) is 64.5 Å². The van der Waals surface area contributed by atoms with Gasteiger partial charge in [-0.3, -0.25) is 9.88 Å². The number of carbonyl (C=O) groups is 1. The van der Waals surface area contributed by atoms with Crippen LogP contribution in [0.4, 0.5) is 14.6 Å². The van der Waals surface area contributed by atoms with Crippen molar-refractivity contribution in [3.05, 3.63) is 54.2 Å². The number of rotatable bonds is 6. The summed E-state index contributed by atoms with van der Waals surface area (Å²) in [7, 11) is 0. The molecule has 2 aromatic carbocycles. The molecule has 0 spiro atoms. The average molecular weight is 570 g/mol. The number of ether oxygens (including phenoxy) is 1. The summed E-state index contributed by atoms with van der Waals surface area (Å²) in [5.41, 5.74) is 0.529. The maximum Gasteiger partial charge on any atom is 0.319 e. The van der Waals surface area contributed by atoms with Crippen LogP contribution in [0.1, 0.15) is 38.5 Å². The van der Waals surface area contributed by atoms with E-state index in [0.717, 1.165) is 57.9 Å². The summed E-state index contributed by atoms with van der Waals surface area (Å²) in [6.45, 7) is 3.95. The number of halogens is 2. The third-order valence-electron chi connectivity index (χ3n) is 10.4. The van der Waals surface area contributed by atoms with Crippen molar-refractivity contribution in [2.24, 2.45) is 17.8 Å². The Morgan fingerprint density at radius 1 is 1.00 bits per heavy atom. The lowest BCUT2D eigenvalue weighted by molar-refractivity contribution is -0.113. The summed E-state index contributed by atoms with van der Waals surface area (Å²) in [5.74, 6) is 0.0889. The predicted molar refractivity (Wildman–Crippen MR) is 156 cm³/mol. The van der Waals surface area contributed by atoms with Crippen LogP contribution in [0.25, 0.3) is 32.9 Å². The molecule has 4 aromatic rings. The SMILES string of the molecule is O=CC1[C@@H]2CC[C@H]1CN(c1nc(OCC34CCCN3CCC4)nc3c(F)c(-c4cccc5cccc(F)c45)ncc13)C2. The van der Waals surface area contributed by atoms with E-state index >= 15 is 8.78 Å². The molecule has 216 valence electrons. The number of piperidine rings is 1. The van der Waals surface area contributed by atoms with Crippen molar-refractivity contribution < 1.29 is 18.3 Å². The number of benzene rings is 2. The third kappa shape index (κ3) is 4.00. The monoisotopic (exact) mass is 569 g/mol. The highest BCUT2D eigenvalue weighted by Gasteiger charge is 2.45. The Bertz CT molecular complexity index is 1680. The molecule has 2 bridgehead atoms. The van der Waals surface area contributed by atoms with E-state index < -0.39 is 11.6 Å². The topological polar surface area (TPSA) is 71.5 Å². The van der Waals surface area contributed by atoms with Crippen molar-refractivity contribution in [1.82, 2.24) is 19.9 Å². The molecule has 0 N–H and O–H groups in total. The highest BCUT2D eigenvalue weighted by Crippen LogP contribution is 2.44. The van der Waals surface area contributed by atoms with E-state index in [4.69, 9.17) is 9.72 Å². The molecule has 2 aromatic heterocycles. The number of aldehydes is 1. The fraction of sp³-hybridized carbons (Fsp3) is 0.455. The molecular weight excluding hydrogens is 536 g/mol. The van der Waals surface area contributed by atoms with Crippen LogP contribution in [0.5, 0.6) is 6.01 Å². The van der Waals surface area contributed by atoms with E-state index in [-0.39, 0.29) is 40.5 Å². The molecule has 1 aliphatic carbocycles. The molecule has 4 fully saturated rings. The van der Waals surface area contributed by atoms with Gasteiger partial charge in [-0.2, -0.15) is 9.97 Å². The van der Waals surface area contributed by atoms with Crippen molar-refractivity contribution in [3.63, 3.8) is 0 Å². The van der Waals surface area contributed by atoms with Gasteiger partial charge in [0.1, 0.15) is 35.7 Å². The molecule has 5 heterocycles. The van der Waals surface area contributed by atoms with Gasteiger partial charge in [-0.15, -0.1) is 0 Å². The van der Waals surface area contributed by atoms with Crippen molar-refractivity contribution in [3.8, 4) is 17.3 Å². The molecule has 42 heavy (non-hydrogen) atoms. The zero-order chi connectivity index (χ0) is 28.4. The Balaban J connectivity index is 1.25. The summed E-state index contributed by atoms with van der Waals surface area (Å²) in [6, 6.07) is 10.3. The highest BCUT2D eigenvalue weighted by molar-refractivity contribution is 5.99. The molecule has 3 atom stereocenters. The molecule has 8 rings (SSSR count). The molecule has 3 saturated heterocycles. The summed E-state index contributed by atoms with van der Waals surface area (Å²) < 4.78 is 37.9. The summed E-state index contributed by atoms with van der Waals surface area (Å²) in [5, 5.41) is 1.49. The number of hydrogen-bond acceptors (Lipinski definition) is 7. The highest BCUT2D eigenvalue weighted by atomic mass is 19.1. The number of anilines is 1. The van der Waals surface area contributed by atoms with E-state index in [0.29, 0.717) is 47.2 Å². The maximum atomic E-state index is 16.6. The van der Waals surface area contributed by atoms with Crippen molar-refractivity contribution in [2.75, 3.05) is 37.7 Å². The molecule has 7 nitrogen and oxygen atoms in total. The van der Waals surface area contributed by atoms with E-state index in [1.165, 1.54) is 6.07 Å². The van der Waals surface area contributed by atoms with Crippen molar-refractivity contribution in [2.45, 2.75) is 44.1 Å². The van der Waals surface area contributed by atoms with Gasteiger partial charge < -0.3 is 14.4 Å². The Morgan fingerprint density at radius 3 is 2.48 bits per heavy atom. The number of carbonyl (C=O) groups excluding carboxylic acids is 1. The van der Waals surface area contributed by atoms with E-state index in [1.54, 1.807) is 36.5 Å². The number of fused-ring (bicyclic) bond motifs is 5. The van der Waals surface area contributed by atoms with Gasteiger partial charge in [-0.1, -0.05) is 30.3 Å². The number of pyridine rings is 1. The van der Waals surface area contributed by atoms with Crippen LogP contribution >= 0.6 is 0 Å². The molecule has 0 radical (unpaired) electrons. The van der Waals surface area contributed by atoms with Crippen LogP contribution < -0.4 is 9.64 Å². The minimum absolute atomic E-state index is 0.0116. The van der Waals surface area contributed by atoms with Gasteiger partial charge in [-0.05, 0) is 74.9 Å². The summed E-state index contributed by atoms with van der Waals surface area (Å²) >= 11 is 0. The van der Waals surface area contributed by atoms with Crippen molar-refractivity contribution in [1.29, 1.82) is 0 Å². The van der Waals surface area contributed by atoms with Gasteiger partial charge in [0.05, 0.1) is 10.9 Å². The third-order valence-corrected chi connectivity index (χ3v) is 10.4. The first kappa shape index (κ1) is 25.9. The first-order valence-electron chi connectivity index (χ1n) is 15.2. The Kier molecular flexibility index (Phi) is 6.14. The minimum atomic E-state index is -0.621. The zero-order valence-electron chi connectivity index (χ0n) is 23.4. The molecular formula is C33H33F2N5O2. The number of hydrogen-bond donors (Lipinski definition) is 0. The second-order valence-corrected chi connectivity index (χ2v) is 12.6. The summed E-state index contributed by atoms with van der Waals surface area (Å²) in [4.78, 5) is 30.5. The van der Waals surface area contributed by atoms with E-state index in [2.05, 4.69) is 19.8 Å². The fourth-order valence-corrected chi connectivity index (χ4v) is 8.33. The minimum Gasteiger partial charge on any atom is -0.461 e. The smallest absolute Gasteiger partial charge is 0.319 e. The first-order valence-corrected chi connectivity index (χ1v) is 15.2. The van der Waals surface area contributed by atoms with Crippen LogP contribution in [0.2, 0.25) is 0 Å². The Morgan fingerprint density at radius 2 is 1.74 bits per heavy atom. The lowest BCUT2D eigenvalue weighted by Gasteiger charge is -2.37. The lowest BCUT2D eigenvalue weighted by Crippen LogP contribution is -2.44. The van der Waals surface area contributed by atoms with Crippen LogP contribution in [0, 0.1) is 29.4 Å². The molecule has 1 unspecified atom stereocenters. The zero-order valence-corrected chi connectivity index (χ0v) is 23.4. The number of nitrogens with zero attached hydrogens (tertiary/aromatic N) is 5. The average Bonchev–Trinajstić information content (AvgIpc) is 3.66. The Labute approximate surface area is 242 Å². The van der Waals surface area contributed by atoms with E-state index in [9.17, 15) is 4.79 Å². The normalized spacial score (nSPS) is 24.9. The van der Waals surface area contributed by atoms with Crippen LogP contribution in [-0.2, 0) is 4.79 Å². The summed E-state index contributed by atoms with van der Waals surface area (Å²) in [6.07, 6.45) is 9.15. The van der Waals surface area contributed by atoms with Gasteiger partial charge in [0, 0.05) is 36.2 Å². The molecule has 4 aliphatic rings. The molecule has 3 aliphatic heterocycles. The van der Waals surface area contributed by atoms with Gasteiger partial charge in [0.15, 0.2) is 5.82 Å². The fourth-order valence-electron chi connectivity index (χ4n) is 8.33. The standard InChI is InChI=1S/C33H33F2N5O2/c34-26-8-2-6-20-5-1-7-23(27(20)26)29-28(35)30-24(15-36-29)31(39-16-21-9-10-22(17-39)25(21)18-41)38-32(37-30)42-19-33-11-3-13-40(33)14-4-12-33/h1-2,5-8,15,18,21-22,25H,3-4,9-14,16-17,19H2/t21-,22+,25?. The molecule has 0 amide bonds. The molecule has 1 saturated carbocycles. The molecule has 9 heteroatoms. The second-order valence-electron chi connectivity index (χ2n) is 12.6. The van der Waals surface area contributed by atoms with Gasteiger partial charge in [0.25, 0.3) is 0 Å². The van der Waals surface area contributed by atoms with E-state index in [1.807, 2.05) is 0 Å². The van der Waals surface area contributed by atoms with Gasteiger partial charge >= 0.3 is 6.01 Å². The lowest BCUT2D eigenvalue weighted by atomic mass is 9.86. The van der Waals surface area contributed by atoms with Crippen molar-refractivity contribution >= 4 is 33.8 Å². The Hall–Kier alpha value is -3.72. The maximum absolute atomic E-state index is 16.6. The van der Waals surface area contributed by atoms with Crippen LogP contribution in [0.15, 0.2) is 42.6 Å². The predicted octanol–water partition coefficient (Wildman–Crippen LogP) is 5.79. The quantitative estimate of drug-likeness (QED) is 0.272. The van der Waals surface area contributed by atoms with Gasteiger partial charge in [0.2, 0.25) is 0 Å². The largest absolute Gasteiger partial charge is 0.461 e. The first-order chi connectivity index (χ1) is 20.5.